The SMILES string of the molecule is CC1(C)N=C1c1cccc(Cl)c1. The molecule has 0 unspecified atom stereocenters. The second-order valence-corrected chi connectivity index (χ2v) is 3.97. The molecular weight excluding hydrogens is 170 g/mol. The van der Waals surface area contributed by atoms with E-state index in [1.165, 1.54) is 0 Å². The molecule has 0 aliphatic carbocycles. The predicted molar refractivity (Wildman–Crippen MR) is 52.1 cm³/mol. The zero-order valence-electron chi connectivity index (χ0n) is 7.13. The van der Waals surface area contributed by atoms with Crippen LogP contribution in [0.15, 0.2) is 29.3 Å². The molecule has 0 aromatic heterocycles. The maximum Gasteiger partial charge on any atom is 0.0976 e. The van der Waals surface area contributed by atoms with Gasteiger partial charge in [0.05, 0.1) is 11.3 Å². The van der Waals surface area contributed by atoms with Crippen molar-refractivity contribution < 1.29 is 0 Å². The lowest BCUT2D eigenvalue weighted by Crippen LogP contribution is -2.07. The van der Waals surface area contributed by atoms with Crippen LogP contribution in [0, 0.1) is 0 Å². The van der Waals surface area contributed by atoms with Gasteiger partial charge in [0.25, 0.3) is 0 Å². The first-order valence-corrected chi connectivity index (χ1v) is 4.34. The molecule has 0 fully saturated rings. The lowest BCUT2D eigenvalue weighted by Gasteiger charge is -1.99. The van der Waals surface area contributed by atoms with Gasteiger partial charge < -0.3 is 0 Å². The third-order valence-corrected chi connectivity index (χ3v) is 2.25. The normalized spacial score (nSPS) is 18.8. The molecule has 0 N–H and O–H groups in total. The number of nitrogens with zero attached hydrogens (tertiary/aromatic N) is 1. The van der Waals surface area contributed by atoms with Crippen LogP contribution < -0.4 is 0 Å². The minimum atomic E-state index is 0.0463. The molecule has 0 saturated heterocycles. The number of halogens is 1. The van der Waals surface area contributed by atoms with Crippen LogP contribution in [0.1, 0.15) is 19.4 Å². The van der Waals surface area contributed by atoms with Gasteiger partial charge in [0.1, 0.15) is 0 Å². The number of hydrogen-bond donors (Lipinski definition) is 0. The Labute approximate surface area is 77.1 Å². The first-order valence-electron chi connectivity index (χ1n) is 3.96. The Hall–Kier alpha value is -0.820. The Morgan fingerprint density at radius 3 is 2.50 bits per heavy atom. The topological polar surface area (TPSA) is 12.4 Å². The zero-order valence-corrected chi connectivity index (χ0v) is 7.89. The summed E-state index contributed by atoms with van der Waals surface area (Å²) in [7, 11) is 0. The van der Waals surface area contributed by atoms with E-state index >= 15 is 0 Å². The van der Waals surface area contributed by atoms with Gasteiger partial charge in [0.2, 0.25) is 0 Å². The Morgan fingerprint density at radius 1 is 1.33 bits per heavy atom. The monoisotopic (exact) mass is 179 g/mol. The smallest absolute Gasteiger partial charge is 0.0976 e. The molecule has 12 heavy (non-hydrogen) atoms. The van der Waals surface area contributed by atoms with E-state index in [0.29, 0.717) is 0 Å². The van der Waals surface area contributed by atoms with Crippen LogP contribution in [-0.4, -0.2) is 11.3 Å². The Bertz CT molecular complexity index is 353. The van der Waals surface area contributed by atoms with Crippen molar-refractivity contribution in [3.63, 3.8) is 0 Å². The molecule has 1 aliphatic heterocycles. The van der Waals surface area contributed by atoms with E-state index in [-0.39, 0.29) is 5.54 Å². The van der Waals surface area contributed by atoms with Crippen LogP contribution in [0.25, 0.3) is 0 Å². The summed E-state index contributed by atoms with van der Waals surface area (Å²) in [6.45, 7) is 4.20. The van der Waals surface area contributed by atoms with E-state index < -0.39 is 0 Å². The molecule has 1 nitrogen and oxygen atoms in total. The average Bonchev–Trinajstić information content (AvgIpc) is 2.60. The minimum Gasteiger partial charge on any atom is -0.274 e. The fraction of sp³-hybridized carbons (Fsp3) is 0.300. The van der Waals surface area contributed by atoms with Crippen molar-refractivity contribution in [2.24, 2.45) is 4.99 Å². The molecule has 0 saturated carbocycles. The van der Waals surface area contributed by atoms with Gasteiger partial charge in [0, 0.05) is 5.02 Å². The summed E-state index contributed by atoms with van der Waals surface area (Å²) in [5.41, 5.74) is 2.35. The van der Waals surface area contributed by atoms with E-state index in [0.717, 1.165) is 16.3 Å². The average molecular weight is 180 g/mol. The molecule has 0 amide bonds. The van der Waals surface area contributed by atoms with Crippen LogP contribution in [0.2, 0.25) is 5.02 Å². The van der Waals surface area contributed by atoms with Crippen molar-refractivity contribution in [2.75, 3.05) is 0 Å². The van der Waals surface area contributed by atoms with Gasteiger partial charge in [-0.3, -0.25) is 4.99 Å². The fourth-order valence-corrected chi connectivity index (χ4v) is 1.50. The standard InChI is InChI=1S/C10H10ClN/c1-10(2)9(12-10)7-4-3-5-8(11)6-7/h3-6H,1-2H3. The van der Waals surface area contributed by atoms with E-state index in [1.807, 2.05) is 24.3 Å². The molecule has 2 heteroatoms. The third kappa shape index (κ3) is 1.25. The number of hydrogen-bond acceptors (Lipinski definition) is 1. The highest BCUT2D eigenvalue weighted by Crippen LogP contribution is 2.31. The fourth-order valence-electron chi connectivity index (χ4n) is 1.31. The Morgan fingerprint density at radius 2 is 2.00 bits per heavy atom. The van der Waals surface area contributed by atoms with E-state index in [2.05, 4.69) is 18.8 Å². The van der Waals surface area contributed by atoms with E-state index in [9.17, 15) is 0 Å². The lowest BCUT2D eigenvalue weighted by molar-refractivity contribution is 0.825. The second kappa shape index (κ2) is 2.33. The largest absolute Gasteiger partial charge is 0.274 e. The predicted octanol–water partition coefficient (Wildman–Crippen LogP) is 2.92. The summed E-state index contributed by atoms with van der Waals surface area (Å²) in [6.07, 6.45) is 0. The van der Waals surface area contributed by atoms with Gasteiger partial charge in [-0.1, -0.05) is 23.7 Å². The minimum absolute atomic E-state index is 0.0463. The number of rotatable bonds is 1. The van der Waals surface area contributed by atoms with Crippen LogP contribution >= 0.6 is 11.6 Å². The third-order valence-electron chi connectivity index (χ3n) is 2.02. The highest BCUT2D eigenvalue weighted by Gasteiger charge is 2.37. The van der Waals surface area contributed by atoms with Crippen molar-refractivity contribution in [3.8, 4) is 0 Å². The molecule has 0 bridgehead atoms. The Kier molecular flexibility index (Phi) is 1.52. The lowest BCUT2D eigenvalue weighted by atomic mass is 10.0. The molecule has 1 aromatic rings. The van der Waals surface area contributed by atoms with Crippen molar-refractivity contribution >= 4 is 17.3 Å². The summed E-state index contributed by atoms with van der Waals surface area (Å²) in [4.78, 5) is 4.36. The number of benzene rings is 1. The first-order chi connectivity index (χ1) is 5.59. The molecule has 0 radical (unpaired) electrons. The summed E-state index contributed by atoms with van der Waals surface area (Å²) < 4.78 is 0. The van der Waals surface area contributed by atoms with Crippen LogP contribution in [0.4, 0.5) is 0 Å². The van der Waals surface area contributed by atoms with Crippen molar-refractivity contribution in [3.05, 3.63) is 34.9 Å². The van der Waals surface area contributed by atoms with Gasteiger partial charge >= 0.3 is 0 Å². The van der Waals surface area contributed by atoms with E-state index in [1.54, 1.807) is 0 Å². The molecule has 62 valence electrons. The quantitative estimate of drug-likeness (QED) is 0.629. The molecule has 0 spiro atoms. The van der Waals surface area contributed by atoms with Gasteiger partial charge in [-0.05, 0) is 31.5 Å². The summed E-state index contributed by atoms with van der Waals surface area (Å²) in [5, 5.41) is 0.776. The van der Waals surface area contributed by atoms with Crippen LogP contribution in [-0.2, 0) is 0 Å². The molecular formula is C10H10ClN. The summed E-state index contributed by atoms with van der Waals surface area (Å²) in [5.74, 6) is 0. The highest BCUT2D eigenvalue weighted by atomic mass is 35.5. The molecule has 1 aromatic carbocycles. The van der Waals surface area contributed by atoms with E-state index in [4.69, 9.17) is 11.6 Å². The second-order valence-electron chi connectivity index (χ2n) is 3.53. The van der Waals surface area contributed by atoms with Crippen LogP contribution in [0.5, 0.6) is 0 Å². The first kappa shape index (κ1) is 7.81. The maximum atomic E-state index is 5.85. The van der Waals surface area contributed by atoms with Gasteiger partial charge in [-0.2, -0.15) is 0 Å². The van der Waals surface area contributed by atoms with Crippen molar-refractivity contribution in [1.29, 1.82) is 0 Å². The maximum absolute atomic E-state index is 5.85. The van der Waals surface area contributed by atoms with Gasteiger partial charge in [-0.25, -0.2) is 0 Å². The van der Waals surface area contributed by atoms with Crippen molar-refractivity contribution in [2.45, 2.75) is 19.4 Å². The summed E-state index contributed by atoms with van der Waals surface area (Å²) in [6, 6.07) is 7.82. The molecule has 2 rings (SSSR count). The highest BCUT2D eigenvalue weighted by molar-refractivity contribution is 6.31. The van der Waals surface area contributed by atoms with Crippen LogP contribution in [0.3, 0.4) is 0 Å². The summed E-state index contributed by atoms with van der Waals surface area (Å²) >= 11 is 5.85. The Balaban J connectivity index is 2.32. The molecule has 1 aliphatic rings. The van der Waals surface area contributed by atoms with Gasteiger partial charge in [-0.15, -0.1) is 0 Å². The molecule has 0 atom stereocenters. The molecule has 1 heterocycles. The zero-order chi connectivity index (χ0) is 8.77. The number of aliphatic imine (C=N–C) groups is 1. The van der Waals surface area contributed by atoms with Crippen molar-refractivity contribution in [1.82, 2.24) is 0 Å². The van der Waals surface area contributed by atoms with Gasteiger partial charge in [0.15, 0.2) is 0 Å².